The fourth-order valence-corrected chi connectivity index (χ4v) is 2.01. The van der Waals surface area contributed by atoms with Crippen LogP contribution in [0.25, 0.3) is 0 Å². The van der Waals surface area contributed by atoms with E-state index >= 15 is 0 Å². The van der Waals surface area contributed by atoms with E-state index in [1.165, 1.54) is 38.5 Å². The monoisotopic (exact) mass is 311 g/mol. The molecule has 0 rings (SSSR count). The number of carbonyl (C=O) groups excluding carboxylic acids is 1. The Morgan fingerprint density at radius 2 is 1.40 bits per heavy atom. The quantitative estimate of drug-likeness (QED) is 0.418. The normalized spacial score (nSPS) is 10.4. The first-order valence-electron chi connectivity index (χ1n) is 6.72. The Balaban J connectivity index is -0.000000288. The van der Waals surface area contributed by atoms with Crippen molar-refractivity contribution >= 4 is 11.9 Å². The van der Waals surface area contributed by atoms with Gasteiger partial charge in [-0.2, -0.15) is 0 Å². The van der Waals surface area contributed by atoms with Crippen LogP contribution in [0.1, 0.15) is 59.3 Å². The summed E-state index contributed by atoms with van der Waals surface area (Å²) in [6, 6.07) is 0. The van der Waals surface area contributed by atoms with Gasteiger partial charge in [-0.1, -0.05) is 40.0 Å². The molecule has 0 fully saturated rings. The van der Waals surface area contributed by atoms with Crippen LogP contribution in [-0.2, 0) is 9.59 Å². The average molecular weight is 311 g/mol. The first kappa shape index (κ1) is 25.2. The maximum Gasteiger partial charge on any atom is 1.00 e. The zero-order valence-electron chi connectivity index (χ0n) is 13.1. The summed E-state index contributed by atoms with van der Waals surface area (Å²) in [6.45, 7) is 6.65. The van der Waals surface area contributed by atoms with E-state index in [-0.39, 0.29) is 56.9 Å². The largest absolute Gasteiger partial charge is 1.00 e. The number of aliphatic carboxylic acids is 2. The Bertz CT molecular complexity index is 260. The van der Waals surface area contributed by atoms with Crippen molar-refractivity contribution in [3.05, 3.63) is 12.2 Å². The van der Waals surface area contributed by atoms with Crippen LogP contribution in [0.2, 0.25) is 0 Å². The van der Waals surface area contributed by atoms with Crippen molar-refractivity contribution in [2.45, 2.75) is 64.8 Å². The molecule has 20 heavy (non-hydrogen) atoms. The number of carboxylic acids is 2. The second kappa shape index (κ2) is 15.7. The zero-order chi connectivity index (χ0) is 15.3. The van der Waals surface area contributed by atoms with Crippen molar-refractivity contribution in [1.29, 1.82) is 0 Å². The van der Waals surface area contributed by atoms with Crippen molar-refractivity contribution in [3.8, 4) is 0 Å². The second-order valence-electron chi connectivity index (χ2n) is 4.60. The van der Waals surface area contributed by atoms with E-state index in [1.807, 2.05) is 0 Å². The van der Waals surface area contributed by atoms with Crippen molar-refractivity contribution in [1.82, 2.24) is 0 Å². The molecule has 0 unspecified atom stereocenters. The number of rotatable bonds is 8. The Morgan fingerprint density at radius 1 is 1.05 bits per heavy atom. The van der Waals surface area contributed by atoms with Crippen LogP contribution in [0.5, 0.6) is 0 Å². The maximum atomic E-state index is 9.53. The van der Waals surface area contributed by atoms with Gasteiger partial charge in [-0.15, -0.1) is 0 Å². The molecule has 0 saturated heterocycles. The molecule has 3 N–H and O–H groups in total. The van der Waals surface area contributed by atoms with Gasteiger partial charge in [0.15, 0.2) is 0 Å². The molecule has 112 valence electrons. The molecule has 0 atom stereocenters. The third-order valence-electron chi connectivity index (χ3n) is 2.61. The van der Waals surface area contributed by atoms with Crippen molar-refractivity contribution < 1.29 is 71.2 Å². The molecule has 6 heteroatoms. The van der Waals surface area contributed by atoms with Gasteiger partial charge in [-0.3, -0.25) is 0 Å². The summed E-state index contributed by atoms with van der Waals surface area (Å²) in [7, 11) is 0. The molecule has 0 amide bonds. The number of carboxylic acid groups (broad SMARTS) is 2. The van der Waals surface area contributed by atoms with Crippen LogP contribution in [-0.4, -0.2) is 22.6 Å². The molecule has 0 aromatic heterocycles. The van der Waals surface area contributed by atoms with Gasteiger partial charge >= 0.3 is 57.4 Å². The third kappa shape index (κ3) is 18.3. The van der Waals surface area contributed by atoms with E-state index in [9.17, 15) is 14.7 Å². The molecule has 0 heterocycles. The molecule has 0 aliphatic rings. The zero-order valence-corrected chi connectivity index (χ0v) is 16.3. The maximum absolute atomic E-state index is 9.53. The van der Waals surface area contributed by atoms with Crippen molar-refractivity contribution in [3.63, 3.8) is 0 Å². The molecule has 0 spiro atoms. The van der Waals surface area contributed by atoms with Gasteiger partial charge in [0.1, 0.15) is 0 Å². The van der Waals surface area contributed by atoms with Gasteiger partial charge in [-0.05, 0) is 25.3 Å². The predicted octanol–water partition coefficient (Wildman–Crippen LogP) is -1.53. The van der Waals surface area contributed by atoms with Crippen LogP contribution >= 0.6 is 0 Å². The van der Waals surface area contributed by atoms with Crippen LogP contribution in [0.15, 0.2) is 12.2 Å². The first-order valence-corrected chi connectivity index (χ1v) is 6.72. The third-order valence-corrected chi connectivity index (χ3v) is 2.61. The molecule has 0 aliphatic heterocycles. The number of hydrogen-bond acceptors (Lipinski definition) is 4. The fourth-order valence-electron chi connectivity index (χ4n) is 2.01. The predicted molar refractivity (Wildman–Crippen MR) is 73.4 cm³/mol. The van der Waals surface area contributed by atoms with Crippen LogP contribution < -0.4 is 62.2 Å². The number of carbonyl (C=O) groups is 2. The van der Waals surface area contributed by atoms with E-state index in [0.29, 0.717) is 12.2 Å². The SMILES string of the molecule is CCCC(N)(CCC)CCC.O=C([O-])/C=C/C(=O)O.[K+]. The minimum Gasteiger partial charge on any atom is -0.545 e. The summed E-state index contributed by atoms with van der Waals surface area (Å²) in [6.07, 6.45) is 8.17. The summed E-state index contributed by atoms with van der Waals surface area (Å²) in [5.74, 6) is -2.80. The Kier molecular flexibility index (Phi) is 19.8. The standard InChI is InChI=1S/C10H23N.C4H4O4.K/c1-4-7-10(11,8-5-2)9-6-3;5-3(6)1-2-4(7)8;/h4-9,11H2,1-3H3;1-2H,(H,5,6)(H,7,8);/q;;+1/p-1/b;2-1+;. The minimum atomic E-state index is -1.51. The molecule has 0 radical (unpaired) electrons. The number of hydrogen-bond donors (Lipinski definition) is 2. The van der Waals surface area contributed by atoms with Crippen LogP contribution in [0.4, 0.5) is 0 Å². The number of nitrogens with two attached hydrogens (primary N) is 1. The summed E-state index contributed by atoms with van der Waals surface area (Å²) >= 11 is 0. The van der Waals surface area contributed by atoms with Crippen LogP contribution in [0, 0.1) is 0 Å². The van der Waals surface area contributed by atoms with E-state index < -0.39 is 11.9 Å². The summed E-state index contributed by atoms with van der Waals surface area (Å²) < 4.78 is 0. The molecule has 0 aliphatic carbocycles. The van der Waals surface area contributed by atoms with E-state index in [4.69, 9.17) is 10.8 Å². The van der Waals surface area contributed by atoms with Gasteiger partial charge in [0.2, 0.25) is 0 Å². The topological polar surface area (TPSA) is 103 Å². The molecule has 0 bridgehead atoms. The smallest absolute Gasteiger partial charge is 0.545 e. The van der Waals surface area contributed by atoms with Crippen molar-refractivity contribution in [2.75, 3.05) is 0 Å². The average Bonchev–Trinajstić information content (AvgIpc) is 2.28. The van der Waals surface area contributed by atoms with Crippen molar-refractivity contribution in [2.24, 2.45) is 5.73 Å². The Hall–Kier alpha value is 0.276. The van der Waals surface area contributed by atoms with Gasteiger partial charge < -0.3 is 20.7 Å². The molecule has 0 aromatic rings. The summed E-state index contributed by atoms with van der Waals surface area (Å²) in [4.78, 5) is 19.0. The van der Waals surface area contributed by atoms with E-state index in [0.717, 1.165) is 0 Å². The molecular formula is C14H26KNO4. The summed E-state index contributed by atoms with van der Waals surface area (Å²) in [5, 5.41) is 17.2. The Morgan fingerprint density at radius 3 is 1.55 bits per heavy atom. The molecule has 0 aromatic carbocycles. The van der Waals surface area contributed by atoms with Gasteiger partial charge in [0.25, 0.3) is 0 Å². The van der Waals surface area contributed by atoms with E-state index in [2.05, 4.69) is 20.8 Å². The fraction of sp³-hybridized carbons (Fsp3) is 0.714. The minimum absolute atomic E-state index is 0. The molecular weight excluding hydrogens is 285 g/mol. The van der Waals surface area contributed by atoms with E-state index in [1.54, 1.807) is 0 Å². The molecule has 0 saturated carbocycles. The Labute approximate surface area is 164 Å². The first-order chi connectivity index (χ1) is 8.81. The second-order valence-corrected chi connectivity index (χ2v) is 4.60. The summed E-state index contributed by atoms with van der Waals surface area (Å²) in [5.41, 5.74) is 6.38. The van der Waals surface area contributed by atoms with Crippen LogP contribution in [0.3, 0.4) is 0 Å². The van der Waals surface area contributed by atoms with Gasteiger partial charge in [0.05, 0.1) is 5.97 Å². The van der Waals surface area contributed by atoms with Gasteiger partial charge in [-0.25, -0.2) is 4.79 Å². The molecule has 5 nitrogen and oxygen atoms in total. The van der Waals surface area contributed by atoms with Gasteiger partial charge in [0, 0.05) is 11.6 Å².